The number of likely N-dealkylation sites (N-methyl/N-ethyl adjacent to an activating group) is 1. The van der Waals surface area contributed by atoms with Crippen LogP contribution in [0.2, 0.25) is 0 Å². The van der Waals surface area contributed by atoms with Crippen LogP contribution in [0.25, 0.3) is 16.9 Å². The lowest BCUT2D eigenvalue weighted by molar-refractivity contribution is -0.116. The molecule has 0 radical (unpaired) electrons. The van der Waals surface area contributed by atoms with Gasteiger partial charge < -0.3 is 15.0 Å². The van der Waals surface area contributed by atoms with E-state index in [0.717, 1.165) is 42.0 Å². The monoisotopic (exact) mass is 510 g/mol. The van der Waals surface area contributed by atoms with Gasteiger partial charge >= 0.3 is 0 Å². The Morgan fingerprint density at radius 3 is 2.29 bits per heavy atom. The molecule has 0 aliphatic heterocycles. The van der Waals surface area contributed by atoms with Crippen molar-refractivity contribution in [2.45, 2.75) is 33.1 Å². The van der Waals surface area contributed by atoms with Gasteiger partial charge in [-0.3, -0.25) is 9.59 Å². The fourth-order valence-corrected chi connectivity index (χ4v) is 4.20. The first kappa shape index (κ1) is 26.7. The Labute approximate surface area is 224 Å². The van der Waals surface area contributed by atoms with E-state index in [-0.39, 0.29) is 18.4 Å². The maximum Gasteiger partial charge on any atom is 0.254 e. The third-order valence-electron chi connectivity index (χ3n) is 6.39. The van der Waals surface area contributed by atoms with Crippen LogP contribution in [0.4, 0.5) is 5.82 Å². The van der Waals surface area contributed by atoms with Crippen molar-refractivity contribution in [3.63, 3.8) is 0 Å². The van der Waals surface area contributed by atoms with Gasteiger partial charge in [-0.1, -0.05) is 55.8 Å². The fraction of sp³-hybridized carbons (Fsp3) is 0.258. The quantitative estimate of drug-likeness (QED) is 0.269. The zero-order valence-electron chi connectivity index (χ0n) is 22.2. The average molecular weight is 511 g/mol. The predicted octanol–water partition coefficient (Wildman–Crippen LogP) is 5.99. The van der Waals surface area contributed by atoms with Gasteiger partial charge in [0.1, 0.15) is 18.1 Å². The number of carbonyl (C=O) groups excluding carboxylic acids is 2. The normalized spacial score (nSPS) is 10.7. The zero-order chi connectivity index (χ0) is 26.9. The molecule has 0 unspecified atom stereocenters. The standard InChI is InChI=1S/C31H34N4O3/c1-4-6-10-23-13-15-25(16-14-23)31(37)34(5-2)22-30(36)32-29-21-28(24-11-8-7-9-12-24)33-35(29)26-17-19-27(38-3)20-18-26/h7-9,11-21H,4-6,10,22H2,1-3H3,(H,32,36). The number of benzene rings is 3. The van der Waals surface area contributed by atoms with Crippen LogP contribution in [0.5, 0.6) is 5.75 Å². The second-order valence-electron chi connectivity index (χ2n) is 9.06. The van der Waals surface area contributed by atoms with E-state index < -0.39 is 0 Å². The van der Waals surface area contributed by atoms with Crippen LogP contribution in [0.1, 0.15) is 42.6 Å². The molecular formula is C31H34N4O3. The highest BCUT2D eigenvalue weighted by Crippen LogP contribution is 2.26. The summed E-state index contributed by atoms with van der Waals surface area (Å²) in [4.78, 5) is 27.8. The maximum absolute atomic E-state index is 13.2. The number of methoxy groups -OCH3 is 1. The molecule has 1 aromatic heterocycles. The van der Waals surface area contributed by atoms with Gasteiger partial charge in [0.05, 0.1) is 18.5 Å². The van der Waals surface area contributed by atoms with E-state index in [4.69, 9.17) is 9.84 Å². The van der Waals surface area contributed by atoms with Crippen molar-refractivity contribution < 1.29 is 14.3 Å². The second kappa shape index (κ2) is 12.7. The van der Waals surface area contributed by atoms with Crippen LogP contribution in [0.3, 0.4) is 0 Å². The number of hydrogen-bond donors (Lipinski definition) is 1. The number of nitrogens with one attached hydrogen (secondary N) is 1. The summed E-state index contributed by atoms with van der Waals surface area (Å²) >= 11 is 0. The largest absolute Gasteiger partial charge is 0.497 e. The van der Waals surface area contributed by atoms with Gasteiger partial charge in [0, 0.05) is 23.7 Å². The van der Waals surface area contributed by atoms with Crippen molar-refractivity contribution >= 4 is 17.6 Å². The third-order valence-corrected chi connectivity index (χ3v) is 6.39. The van der Waals surface area contributed by atoms with Crippen molar-refractivity contribution in [3.05, 3.63) is 96.1 Å². The van der Waals surface area contributed by atoms with Gasteiger partial charge in [0.15, 0.2) is 0 Å². The molecule has 1 N–H and O–H groups in total. The van der Waals surface area contributed by atoms with Crippen LogP contribution >= 0.6 is 0 Å². The van der Waals surface area contributed by atoms with E-state index >= 15 is 0 Å². The summed E-state index contributed by atoms with van der Waals surface area (Å²) < 4.78 is 6.96. The molecule has 4 aromatic rings. The highest BCUT2D eigenvalue weighted by Gasteiger charge is 2.20. The number of ether oxygens (including phenoxy) is 1. The van der Waals surface area contributed by atoms with Gasteiger partial charge in [0.2, 0.25) is 5.91 Å². The zero-order valence-corrected chi connectivity index (χ0v) is 22.2. The number of hydrogen-bond acceptors (Lipinski definition) is 4. The summed E-state index contributed by atoms with van der Waals surface area (Å²) in [6, 6.07) is 26.7. The molecule has 7 heteroatoms. The van der Waals surface area contributed by atoms with Gasteiger partial charge in [-0.25, -0.2) is 4.68 Å². The highest BCUT2D eigenvalue weighted by atomic mass is 16.5. The smallest absolute Gasteiger partial charge is 0.254 e. The van der Waals surface area contributed by atoms with Gasteiger partial charge in [-0.05, 0) is 61.7 Å². The molecule has 38 heavy (non-hydrogen) atoms. The molecule has 0 bridgehead atoms. The first-order valence-electron chi connectivity index (χ1n) is 13.0. The summed E-state index contributed by atoms with van der Waals surface area (Å²) in [5, 5.41) is 7.72. The fourth-order valence-electron chi connectivity index (χ4n) is 4.20. The molecule has 0 aliphatic carbocycles. The van der Waals surface area contributed by atoms with Crippen LogP contribution in [0, 0.1) is 0 Å². The molecular weight excluding hydrogens is 476 g/mol. The topological polar surface area (TPSA) is 76.5 Å². The van der Waals surface area contributed by atoms with Crippen molar-refractivity contribution in [2.75, 3.05) is 25.5 Å². The lowest BCUT2D eigenvalue weighted by atomic mass is 10.1. The number of amides is 2. The lowest BCUT2D eigenvalue weighted by Crippen LogP contribution is -2.38. The van der Waals surface area contributed by atoms with Crippen molar-refractivity contribution in [2.24, 2.45) is 0 Å². The first-order chi connectivity index (χ1) is 18.5. The SMILES string of the molecule is CCCCc1ccc(C(=O)N(CC)CC(=O)Nc2cc(-c3ccccc3)nn2-c2ccc(OC)cc2)cc1. The molecule has 7 nitrogen and oxygen atoms in total. The summed E-state index contributed by atoms with van der Waals surface area (Å²) in [5.41, 5.74) is 4.22. The molecule has 0 fully saturated rings. The minimum atomic E-state index is -0.297. The van der Waals surface area contributed by atoms with Crippen molar-refractivity contribution in [3.8, 4) is 22.7 Å². The Balaban J connectivity index is 1.53. The molecule has 0 aliphatic rings. The Kier molecular flexibility index (Phi) is 8.93. The van der Waals surface area contributed by atoms with E-state index in [2.05, 4.69) is 12.2 Å². The van der Waals surface area contributed by atoms with Gasteiger partial charge in [-0.15, -0.1) is 0 Å². The van der Waals surface area contributed by atoms with E-state index in [0.29, 0.717) is 17.9 Å². The molecule has 0 saturated heterocycles. The van der Waals surface area contributed by atoms with Crippen LogP contribution in [-0.4, -0.2) is 46.7 Å². The number of nitrogens with zero attached hydrogens (tertiary/aromatic N) is 3. The van der Waals surface area contributed by atoms with E-state index in [1.54, 1.807) is 16.7 Å². The minimum absolute atomic E-state index is 0.0681. The maximum atomic E-state index is 13.2. The lowest BCUT2D eigenvalue weighted by Gasteiger charge is -2.20. The van der Waals surface area contributed by atoms with Crippen LogP contribution in [0.15, 0.2) is 84.9 Å². The molecule has 196 valence electrons. The van der Waals surface area contributed by atoms with E-state index in [9.17, 15) is 9.59 Å². The van der Waals surface area contributed by atoms with Crippen molar-refractivity contribution in [1.29, 1.82) is 0 Å². The Morgan fingerprint density at radius 2 is 1.66 bits per heavy atom. The molecule has 0 saturated carbocycles. The van der Waals surface area contributed by atoms with Crippen molar-refractivity contribution in [1.82, 2.24) is 14.7 Å². The number of unbranched alkanes of at least 4 members (excludes halogenated alkanes) is 1. The number of anilines is 1. The average Bonchev–Trinajstić information content (AvgIpc) is 3.38. The van der Waals surface area contributed by atoms with Crippen LogP contribution < -0.4 is 10.1 Å². The molecule has 0 atom stereocenters. The number of aryl methyl sites for hydroxylation is 1. The Hall–Kier alpha value is -4.39. The van der Waals surface area contributed by atoms with Gasteiger partial charge in [0.25, 0.3) is 5.91 Å². The number of rotatable bonds is 11. The summed E-state index contributed by atoms with van der Waals surface area (Å²) in [7, 11) is 1.61. The molecule has 0 spiro atoms. The Bertz CT molecular complexity index is 1350. The summed E-state index contributed by atoms with van der Waals surface area (Å²) in [5.74, 6) is 0.778. The summed E-state index contributed by atoms with van der Waals surface area (Å²) in [6.45, 7) is 4.38. The summed E-state index contributed by atoms with van der Waals surface area (Å²) in [6.07, 6.45) is 3.25. The molecule has 3 aromatic carbocycles. The first-order valence-corrected chi connectivity index (χ1v) is 13.0. The third kappa shape index (κ3) is 6.48. The number of aromatic nitrogens is 2. The predicted molar refractivity (Wildman–Crippen MR) is 151 cm³/mol. The molecule has 2 amide bonds. The molecule has 4 rings (SSSR count). The van der Waals surface area contributed by atoms with E-state index in [1.165, 1.54) is 5.56 Å². The van der Waals surface area contributed by atoms with Crippen LogP contribution in [-0.2, 0) is 11.2 Å². The molecule has 1 heterocycles. The van der Waals surface area contributed by atoms with E-state index in [1.807, 2.05) is 91.9 Å². The minimum Gasteiger partial charge on any atom is -0.497 e. The second-order valence-corrected chi connectivity index (χ2v) is 9.06. The Morgan fingerprint density at radius 1 is 0.947 bits per heavy atom. The van der Waals surface area contributed by atoms with Gasteiger partial charge in [-0.2, -0.15) is 5.10 Å². The highest BCUT2D eigenvalue weighted by molar-refractivity contribution is 5.99. The number of carbonyl (C=O) groups is 2.